The maximum absolute atomic E-state index is 13.9. The Morgan fingerprint density at radius 2 is 2.25 bits per heavy atom. The maximum Gasteiger partial charge on any atom is 0.306 e. The van der Waals surface area contributed by atoms with Crippen LogP contribution in [-0.2, 0) is 11.3 Å². The number of carboxylic acid groups (broad SMARTS) is 1. The number of rotatable bonds is 5. The van der Waals surface area contributed by atoms with Crippen molar-refractivity contribution in [3.05, 3.63) is 29.6 Å². The van der Waals surface area contributed by atoms with Gasteiger partial charge in [0.15, 0.2) is 5.82 Å². The Labute approximate surface area is 115 Å². The number of nitrogens with zero attached hydrogens (tertiary/aromatic N) is 4. The molecule has 1 N–H and O–H groups in total. The van der Waals surface area contributed by atoms with Crippen LogP contribution in [0.2, 0.25) is 0 Å². The second-order valence-corrected chi connectivity index (χ2v) is 4.74. The number of aromatic nitrogens is 4. The summed E-state index contributed by atoms with van der Waals surface area (Å²) >= 11 is 0. The molecule has 1 heterocycles. The molecule has 0 aliphatic rings. The second kappa shape index (κ2) is 5.77. The van der Waals surface area contributed by atoms with Gasteiger partial charge >= 0.3 is 5.97 Å². The number of carbonyl (C=O) groups is 1. The highest BCUT2D eigenvalue weighted by Gasteiger charge is 2.16. The summed E-state index contributed by atoms with van der Waals surface area (Å²) in [5.74, 6) is -1.47. The van der Waals surface area contributed by atoms with Crippen molar-refractivity contribution in [2.75, 3.05) is 0 Å². The van der Waals surface area contributed by atoms with Gasteiger partial charge in [-0.1, -0.05) is 13.0 Å². The standard InChI is InChI=1S/C13H15FN4O2/c1-8-3-4-10(11(14)7-8)12-15-16-17-18(12)6-5-9(2)13(19)20/h3-4,7,9H,5-6H2,1-2H3,(H,19,20). The van der Waals surface area contributed by atoms with Gasteiger partial charge in [-0.15, -0.1) is 5.10 Å². The fraction of sp³-hybridized carbons (Fsp3) is 0.385. The zero-order valence-electron chi connectivity index (χ0n) is 11.2. The summed E-state index contributed by atoms with van der Waals surface area (Å²) in [5, 5.41) is 20.0. The molecule has 0 spiro atoms. The largest absolute Gasteiger partial charge is 0.481 e. The lowest BCUT2D eigenvalue weighted by atomic mass is 10.1. The van der Waals surface area contributed by atoms with E-state index in [-0.39, 0.29) is 0 Å². The van der Waals surface area contributed by atoms with E-state index in [1.54, 1.807) is 26.0 Å². The summed E-state index contributed by atoms with van der Waals surface area (Å²) < 4.78 is 15.3. The van der Waals surface area contributed by atoms with Crippen LogP contribution in [0.25, 0.3) is 11.4 Å². The molecule has 7 heteroatoms. The number of aliphatic carboxylic acids is 1. The SMILES string of the molecule is Cc1ccc(-c2nnnn2CCC(C)C(=O)O)c(F)c1. The van der Waals surface area contributed by atoms with Crippen LogP contribution >= 0.6 is 0 Å². The van der Waals surface area contributed by atoms with Crippen LogP contribution in [0.5, 0.6) is 0 Å². The molecular formula is C13H15FN4O2. The van der Waals surface area contributed by atoms with Gasteiger partial charge in [0.25, 0.3) is 0 Å². The van der Waals surface area contributed by atoms with Crippen LogP contribution in [0.15, 0.2) is 18.2 Å². The van der Waals surface area contributed by atoms with Gasteiger partial charge in [0.2, 0.25) is 0 Å². The van der Waals surface area contributed by atoms with Crippen LogP contribution in [-0.4, -0.2) is 31.3 Å². The molecule has 6 nitrogen and oxygen atoms in total. The maximum atomic E-state index is 13.9. The molecule has 2 aromatic rings. The van der Waals surface area contributed by atoms with Gasteiger partial charge in [-0.25, -0.2) is 9.07 Å². The van der Waals surface area contributed by atoms with Gasteiger partial charge in [0.1, 0.15) is 5.82 Å². The van der Waals surface area contributed by atoms with Gasteiger partial charge in [0, 0.05) is 6.54 Å². The Morgan fingerprint density at radius 3 is 2.90 bits per heavy atom. The van der Waals surface area contributed by atoms with Crippen molar-refractivity contribution in [2.24, 2.45) is 5.92 Å². The van der Waals surface area contributed by atoms with E-state index in [0.717, 1.165) is 5.56 Å². The molecule has 0 radical (unpaired) electrons. The summed E-state index contributed by atoms with van der Waals surface area (Å²) in [4.78, 5) is 10.8. The quantitative estimate of drug-likeness (QED) is 0.903. The van der Waals surface area contributed by atoms with Gasteiger partial charge in [-0.2, -0.15) is 0 Å². The summed E-state index contributed by atoms with van der Waals surface area (Å²) in [5.41, 5.74) is 1.12. The molecule has 0 aliphatic heterocycles. The predicted molar refractivity (Wildman–Crippen MR) is 69.4 cm³/mol. The number of aryl methyl sites for hydroxylation is 2. The van der Waals surface area contributed by atoms with E-state index in [4.69, 9.17) is 5.11 Å². The number of carboxylic acids is 1. The zero-order chi connectivity index (χ0) is 14.7. The molecule has 0 saturated carbocycles. The first-order valence-electron chi connectivity index (χ1n) is 6.24. The number of hydrogen-bond acceptors (Lipinski definition) is 4. The molecule has 0 amide bonds. The normalized spacial score (nSPS) is 12.3. The monoisotopic (exact) mass is 278 g/mol. The zero-order valence-corrected chi connectivity index (χ0v) is 11.2. The van der Waals surface area contributed by atoms with Gasteiger partial charge < -0.3 is 5.11 Å². The van der Waals surface area contributed by atoms with Crippen LogP contribution in [0.1, 0.15) is 18.9 Å². The first kappa shape index (κ1) is 14.1. The molecule has 2 rings (SSSR count). The summed E-state index contributed by atoms with van der Waals surface area (Å²) in [6.07, 6.45) is 0.376. The fourth-order valence-corrected chi connectivity index (χ4v) is 1.79. The minimum atomic E-state index is -0.874. The Balaban J connectivity index is 2.22. The van der Waals surface area contributed by atoms with Crippen LogP contribution in [0.3, 0.4) is 0 Å². The van der Waals surface area contributed by atoms with E-state index in [2.05, 4.69) is 15.5 Å². The van der Waals surface area contributed by atoms with E-state index in [1.165, 1.54) is 10.7 Å². The second-order valence-electron chi connectivity index (χ2n) is 4.74. The third-order valence-corrected chi connectivity index (χ3v) is 3.09. The van der Waals surface area contributed by atoms with Gasteiger partial charge in [-0.3, -0.25) is 4.79 Å². The first-order valence-corrected chi connectivity index (χ1v) is 6.24. The van der Waals surface area contributed by atoms with E-state index in [9.17, 15) is 9.18 Å². The van der Waals surface area contributed by atoms with Crippen molar-refractivity contribution in [2.45, 2.75) is 26.8 Å². The average Bonchev–Trinajstić information content (AvgIpc) is 2.84. The summed E-state index contributed by atoms with van der Waals surface area (Å²) in [6.45, 7) is 3.73. The molecule has 1 unspecified atom stereocenters. The van der Waals surface area contributed by atoms with Crippen LogP contribution in [0, 0.1) is 18.7 Å². The molecule has 1 aromatic heterocycles. The highest BCUT2D eigenvalue weighted by atomic mass is 19.1. The van der Waals surface area contributed by atoms with E-state index in [0.29, 0.717) is 24.4 Å². The minimum absolute atomic E-state index is 0.306. The van der Waals surface area contributed by atoms with Crippen molar-refractivity contribution in [3.63, 3.8) is 0 Å². The molecule has 0 aliphatic carbocycles. The lowest BCUT2D eigenvalue weighted by molar-refractivity contribution is -0.141. The minimum Gasteiger partial charge on any atom is -0.481 e. The fourth-order valence-electron chi connectivity index (χ4n) is 1.79. The third-order valence-electron chi connectivity index (χ3n) is 3.09. The lowest BCUT2D eigenvalue weighted by Crippen LogP contribution is -2.14. The Bertz CT molecular complexity index is 627. The van der Waals surface area contributed by atoms with E-state index < -0.39 is 17.7 Å². The third kappa shape index (κ3) is 2.98. The molecule has 106 valence electrons. The highest BCUT2D eigenvalue weighted by Crippen LogP contribution is 2.21. The molecule has 0 bridgehead atoms. The van der Waals surface area contributed by atoms with Crippen molar-refractivity contribution in [3.8, 4) is 11.4 Å². The average molecular weight is 278 g/mol. The Hall–Kier alpha value is -2.31. The van der Waals surface area contributed by atoms with Gasteiger partial charge in [-0.05, 0) is 41.5 Å². The van der Waals surface area contributed by atoms with E-state index >= 15 is 0 Å². The molecule has 1 aromatic carbocycles. The number of hydrogen-bond donors (Lipinski definition) is 1. The molecule has 0 saturated heterocycles. The topological polar surface area (TPSA) is 80.9 Å². The van der Waals surface area contributed by atoms with Crippen LogP contribution in [0.4, 0.5) is 4.39 Å². The summed E-state index contributed by atoms with van der Waals surface area (Å²) in [7, 11) is 0. The Morgan fingerprint density at radius 1 is 1.50 bits per heavy atom. The van der Waals surface area contributed by atoms with E-state index in [1.807, 2.05) is 0 Å². The summed E-state index contributed by atoms with van der Waals surface area (Å²) in [6, 6.07) is 4.80. The molecular weight excluding hydrogens is 263 g/mol. The molecule has 0 fully saturated rings. The molecule has 1 atom stereocenters. The van der Waals surface area contributed by atoms with Crippen LogP contribution < -0.4 is 0 Å². The number of halogens is 1. The Kier molecular flexibility index (Phi) is 4.07. The lowest BCUT2D eigenvalue weighted by Gasteiger charge is -2.08. The first-order chi connectivity index (χ1) is 9.49. The number of tetrazole rings is 1. The van der Waals surface area contributed by atoms with Crippen molar-refractivity contribution in [1.29, 1.82) is 0 Å². The van der Waals surface area contributed by atoms with Gasteiger partial charge in [0.05, 0.1) is 11.5 Å². The van der Waals surface area contributed by atoms with Crippen molar-refractivity contribution >= 4 is 5.97 Å². The number of benzene rings is 1. The highest BCUT2D eigenvalue weighted by molar-refractivity contribution is 5.69. The molecule has 20 heavy (non-hydrogen) atoms. The van der Waals surface area contributed by atoms with Crippen molar-refractivity contribution in [1.82, 2.24) is 20.2 Å². The smallest absolute Gasteiger partial charge is 0.306 e. The van der Waals surface area contributed by atoms with Crippen molar-refractivity contribution < 1.29 is 14.3 Å². The predicted octanol–water partition coefficient (Wildman–Crippen LogP) is 1.90.